The van der Waals surface area contributed by atoms with Crippen LogP contribution in [0.3, 0.4) is 0 Å². The highest BCUT2D eigenvalue weighted by atomic mass is 16.5. The van der Waals surface area contributed by atoms with Gasteiger partial charge in [0.05, 0.1) is 7.11 Å². The van der Waals surface area contributed by atoms with E-state index in [1.165, 1.54) is 7.11 Å². The molecule has 0 spiro atoms. The minimum atomic E-state index is -0.379. The van der Waals surface area contributed by atoms with Crippen LogP contribution in [0.1, 0.15) is 35.7 Å². The third-order valence-electron chi connectivity index (χ3n) is 2.50. The SMILES string of the molecule is COC(=O)c1cc(C(C)(C)CN)oc1C. The van der Waals surface area contributed by atoms with Gasteiger partial charge in [0.1, 0.15) is 17.1 Å². The third-order valence-corrected chi connectivity index (χ3v) is 2.50. The molecule has 1 aromatic rings. The van der Waals surface area contributed by atoms with Gasteiger partial charge < -0.3 is 14.9 Å². The molecular weight excluding hydrogens is 194 g/mol. The lowest BCUT2D eigenvalue weighted by molar-refractivity contribution is 0.0599. The number of hydrogen-bond donors (Lipinski definition) is 1. The van der Waals surface area contributed by atoms with Gasteiger partial charge in [-0.25, -0.2) is 4.79 Å². The average molecular weight is 211 g/mol. The summed E-state index contributed by atoms with van der Waals surface area (Å²) in [5, 5.41) is 0. The molecule has 0 fully saturated rings. The van der Waals surface area contributed by atoms with Gasteiger partial charge in [0.2, 0.25) is 0 Å². The second-order valence-corrected chi connectivity index (χ2v) is 4.16. The number of esters is 1. The van der Waals surface area contributed by atoms with E-state index in [-0.39, 0.29) is 11.4 Å². The number of carbonyl (C=O) groups excluding carboxylic acids is 1. The first kappa shape index (κ1) is 11.8. The molecule has 0 atom stereocenters. The first-order valence-electron chi connectivity index (χ1n) is 4.81. The number of methoxy groups -OCH3 is 1. The summed E-state index contributed by atoms with van der Waals surface area (Å²) in [5.41, 5.74) is 5.83. The van der Waals surface area contributed by atoms with Gasteiger partial charge in [-0.15, -0.1) is 0 Å². The summed E-state index contributed by atoms with van der Waals surface area (Å²) >= 11 is 0. The molecule has 0 saturated heterocycles. The molecule has 0 aliphatic carbocycles. The Hall–Kier alpha value is -1.29. The smallest absolute Gasteiger partial charge is 0.341 e. The standard InChI is InChI=1S/C11H17NO3/c1-7-8(10(13)14-4)5-9(15-7)11(2,3)6-12/h5H,6,12H2,1-4H3. The minimum Gasteiger partial charge on any atom is -0.465 e. The lowest BCUT2D eigenvalue weighted by Gasteiger charge is -2.18. The monoisotopic (exact) mass is 211 g/mol. The van der Waals surface area contributed by atoms with Crippen LogP contribution >= 0.6 is 0 Å². The minimum absolute atomic E-state index is 0.267. The first-order valence-corrected chi connectivity index (χ1v) is 4.81. The van der Waals surface area contributed by atoms with E-state index in [0.29, 0.717) is 23.6 Å². The number of ether oxygens (including phenoxy) is 1. The van der Waals surface area contributed by atoms with Crippen molar-refractivity contribution >= 4 is 5.97 Å². The van der Waals surface area contributed by atoms with Gasteiger partial charge in [-0.05, 0) is 13.0 Å². The van der Waals surface area contributed by atoms with E-state index in [1.807, 2.05) is 13.8 Å². The van der Waals surface area contributed by atoms with E-state index in [4.69, 9.17) is 10.2 Å². The van der Waals surface area contributed by atoms with Crippen molar-refractivity contribution in [3.05, 3.63) is 23.2 Å². The van der Waals surface area contributed by atoms with Gasteiger partial charge in [0, 0.05) is 12.0 Å². The summed E-state index contributed by atoms with van der Waals surface area (Å²) in [5.74, 6) is 0.900. The predicted octanol–water partition coefficient (Wildman–Crippen LogP) is 1.61. The molecule has 0 aromatic carbocycles. The van der Waals surface area contributed by atoms with E-state index in [0.717, 1.165) is 0 Å². The van der Waals surface area contributed by atoms with Crippen LogP contribution in [0.5, 0.6) is 0 Å². The molecule has 4 nitrogen and oxygen atoms in total. The summed E-state index contributed by atoms with van der Waals surface area (Å²) in [7, 11) is 1.35. The second-order valence-electron chi connectivity index (χ2n) is 4.16. The molecule has 0 aliphatic rings. The molecule has 1 rings (SSSR count). The Morgan fingerprint density at radius 2 is 2.20 bits per heavy atom. The maximum absolute atomic E-state index is 11.3. The Labute approximate surface area is 89.4 Å². The van der Waals surface area contributed by atoms with Crippen molar-refractivity contribution in [2.45, 2.75) is 26.2 Å². The van der Waals surface area contributed by atoms with Gasteiger partial charge in [-0.3, -0.25) is 0 Å². The van der Waals surface area contributed by atoms with E-state index >= 15 is 0 Å². The Balaban J connectivity index is 3.11. The van der Waals surface area contributed by atoms with E-state index in [9.17, 15) is 4.79 Å². The molecule has 1 heterocycles. The van der Waals surface area contributed by atoms with Crippen molar-refractivity contribution in [1.82, 2.24) is 0 Å². The van der Waals surface area contributed by atoms with Crippen LogP contribution in [-0.2, 0) is 10.2 Å². The van der Waals surface area contributed by atoms with Crippen molar-refractivity contribution in [3.63, 3.8) is 0 Å². The fourth-order valence-electron chi connectivity index (χ4n) is 1.23. The predicted molar refractivity (Wildman–Crippen MR) is 56.9 cm³/mol. The van der Waals surface area contributed by atoms with Gasteiger partial charge >= 0.3 is 5.97 Å². The largest absolute Gasteiger partial charge is 0.465 e. The topological polar surface area (TPSA) is 65.5 Å². The molecular formula is C11H17NO3. The molecule has 15 heavy (non-hydrogen) atoms. The number of rotatable bonds is 3. The quantitative estimate of drug-likeness (QED) is 0.771. The van der Waals surface area contributed by atoms with Gasteiger partial charge in [-0.2, -0.15) is 0 Å². The fourth-order valence-corrected chi connectivity index (χ4v) is 1.23. The van der Waals surface area contributed by atoms with Gasteiger partial charge in [-0.1, -0.05) is 13.8 Å². The molecule has 84 valence electrons. The summed E-state index contributed by atoms with van der Waals surface area (Å²) in [6, 6.07) is 1.70. The van der Waals surface area contributed by atoms with E-state index in [1.54, 1.807) is 13.0 Å². The summed E-state index contributed by atoms with van der Waals surface area (Å²) in [6.07, 6.45) is 0. The lowest BCUT2D eigenvalue weighted by Crippen LogP contribution is -2.27. The average Bonchev–Trinajstić information content (AvgIpc) is 2.60. The fraction of sp³-hybridized carbons (Fsp3) is 0.545. The molecule has 0 bridgehead atoms. The highest BCUT2D eigenvalue weighted by Gasteiger charge is 2.26. The molecule has 0 saturated carbocycles. The zero-order valence-electron chi connectivity index (χ0n) is 9.59. The number of carbonyl (C=O) groups is 1. The lowest BCUT2D eigenvalue weighted by atomic mass is 9.90. The number of nitrogens with two attached hydrogens (primary N) is 1. The molecule has 4 heteroatoms. The molecule has 0 amide bonds. The Bertz CT molecular complexity index is 366. The first-order chi connectivity index (χ1) is 6.92. The highest BCUT2D eigenvalue weighted by molar-refractivity contribution is 5.90. The molecule has 2 N–H and O–H groups in total. The van der Waals surface area contributed by atoms with E-state index in [2.05, 4.69) is 4.74 Å². The highest BCUT2D eigenvalue weighted by Crippen LogP contribution is 2.26. The summed E-state index contributed by atoms with van der Waals surface area (Å²) < 4.78 is 10.2. The van der Waals surface area contributed by atoms with Crippen LogP contribution in [0.15, 0.2) is 10.5 Å². The van der Waals surface area contributed by atoms with Crippen molar-refractivity contribution in [2.75, 3.05) is 13.7 Å². The second kappa shape index (κ2) is 4.06. The van der Waals surface area contributed by atoms with Gasteiger partial charge in [0.15, 0.2) is 0 Å². The van der Waals surface area contributed by atoms with Crippen molar-refractivity contribution < 1.29 is 13.9 Å². The van der Waals surface area contributed by atoms with Crippen LogP contribution < -0.4 is 5.73 Å². The molecule has 0 radical (unpaired) electrons. The van der Waals surface area contributed by atoms with Crippen molar-refractivity contribution in [1.29, 1.82) is 0 Å². The maximum atomic E-state index is 11.3. The van der Waals surface area contributed by atoms with Crippen LogP contribution in [0, 0.1) is 6.92 Å². The Morgan fingerprint density at radius 1 is 1.60 bits per heavy atom. The summed E-state index contributed by atoms with van der Waals surface area (Å²) in [6.45, 7) is 6.13. The molecule has 1 aromatic heterocycles. The van der Waals surface area contributed by atoms with Crippen LogP contribution in [0.4, 0.5) is 0 Å². The normalized spacial score (nSPS) is 11.5. The number of aryl methyl sites for hydroxylation is 1. The molecule has 0 aliphatic heterocycles. The zero-order valence-corrected chi connectivity index (χ0v) is 9.59. The number of hydrogen-bond acceptors (Lipinski definition) is 4. The van der Waals surface area contributed by atoms with E-state index < -0.39 is 0 Å². The maximum Gasteiger partial charge on any atom is 0.341 e. The van der Waals surface area contributed by atoms with Crippen molar-refractivity contribution in [3.8, 4) is 0 Å². The third kappa shape index (κ3) is 2.21. The Morgan fingerprint density at radius 3 is 2.67 bits per heavy atom. The zero-order chi connectivity index (χ0) is 11.6. The summed E-state index contributed by atoms with van der Waals surface area (Å²) in [4.78, 5) is 11.3. The van der Waals surface area contributed by atoms with Crippen molar-refractivity contribution in [2.24, 2.45) is 5.73 Å². The number of furan rings is 1. The van der Waals surface area contributed by atoms with Crippen LogP contribution in [-0.4, -0.2) is 19.6 Å². The van der Waals surface area contributed by atoms with Crippen LogP contribution in [0.2, 0.25) is 0 Å². The Kier molecular flexibility index (Phi) is 3.19. The van der Waals surface area contributed by atoms with Crippen LogP contribution in [0.25, 0.3) is 0 Å². The molecule has 0 unspecified atom stereocenters. The van der Waals surface area contributed by atoms with Gasteiger partial charge in [0.25, 0.3) is 0 Å².